The van der Waals surface area contributed by atoms with E-state index in [0.717, 1.165) is 0 Å². The third-order valence-electron chi connectivity index (χ3n) is 2.64. The van der Waals surface area contributed by atoms with Crippen LogP contribution >= 0.6 is 27.5 Å². The molecule has 0 aliphatic heterocycles. The zero-order valence-corrected chi connectivity index (χ0v) is 12.8. The highest BCUT2D eigenvalue weighted by atomic mass is 79.9. The summed E-state index contributed by atoms with van der Waals surface area (Å²) in [6.07, 6.45) is 1.74. The van der Waals surface area contributed by atoms with Crippen LogP contribution in [0.25, 0.3) is 0 Å². The van der Waals surface area contributed by atoms with Gasteiger partial charge in [-0.25, -0.2) is 0 Å². The number of hydrazine groups is 1. The number of rotatable bonds is 2. The molecule has 20 heavy (non-hydrogen) atoms. The summed E-state index contributed by atoms with van der Waals surface area (Å²) in [4.78, 5) is 23.8. The molecular weight excluding hydrogens is 346 g/mol. The number of halogens is 2. The Kier molecular flexibility index (Phi) is 4.46. The highest BCUT2D eigenvalue weighted by Crippen LogP contribution is 2.20. The van der Waals surface area contributed by atoms with E-state index >= 15 is 0 Å². The summed E-state index contributed by atoms with van der Waals surface area (Å²) in [6, 6.07) is 8.22. The number of aryl methyl sites for hydroxylation is 1. The van der Waals surface area contributed by atoms with Crippen LogP contribution in [0.15, 0.2) is 41.0 Å². The topological polar surface area (TPSA) is 63.1 Å². The van der Waals surface area contributed by atoms with Crippen molar-refractivity contribution in [3.8, 4) is 0 Å². The van der Waals surface area contributed by atoms with Crippen LogP contribution in [-0.4, -0.2) is 16.4 Å². The Morgan fingerprint density at radius 2 is 1.90 bits per heavy atom. The highest BCUT2D eigenvalue weighted by Gasteiger charge is 2.13. The first-order valence-corrected chi connectivity index (χ1v) is 6.83. The van der Waals surface area contributed by atoms with Crippen molar-refractivity contribution < 1.29 is 9.59 Å². The van der Waals surface area contributed by atoms with Crippen LogP contribution in [0.5, 0.6) is 0 Å². The van der Waals surface area contributed by atoms with Crippen LogP contribution in [0.4, 0.5) is 0 Å². The predicted molar refractivity (Wildman–Crippen MR) is 79.5 cm³/mol. The number of benzene rings is 1. The van der Waals surface area contributed by atoms with Gasteiger partial charge in [0.1, 0.15) is 5.69 Å². The standard InChI is InChI=1S/C13H11BrClN3O2/c1-18-6-2-3-11(18)13(20)17-16-12(19)9-7-8(15)4-5-10(9)14/h2-7H,1H3,(H,16,19)(H,17,20). The second-order valence-electron chi connectivity index (χ2n) is 4.04. The van der Waals surface area contributed by atoms with Gasteiger partial charge in [0.25, 0.3) is 11.8 Å². The normalized spacial score (nSPS) is 10.2. The monoisotopic (exact) mass is 355 g/mol. The number of nitrogens with zero attached hydrogens (tertiary/aromatic N) is 1. The van der Waals surface area contributed by atoms with Crippen LogP contribution in [-0.2, 0) is 7.05 Å². The fourth-order valence-corrected chi connectivity index (χ4v) is 2.21. The van der Waals surface area contributed by atoms with Crippen LogP contribution in [0.1, 0.15) is 20.8 Å². The van der Waals surface area contributed by atoms with Gasteiger partial charge < -0.3 is 4.57 Å². The lowest BCUT2D eigenvalue weighted by Gasteiger charge is -2.09. The van der Waals surface area contributed by atoms with Gasteiger partial charge in [0.05, 0.1) is 5.56 Å². The molecule has 1 heterocycles. The lowest BCUT2D eigenvalue weighted by Crippen LogP contribution is -2.42. The molecule has 0 atom stereocenters. The molecule has 0 aliphatic carbocycles. The number of hydrogen-bond donors (Lipinski definition) is 2. The maximum Gasteiger partial charge on any atom is 0.286 e. The minimum atomic E-state index is -0.457. The molecule has 2 aromatic rings. The second kappa shape index (κ2) is 6.11. The van der Waals surface area contributed by atoms with Crippen LogP contribution in [0, 0.1) is 0 Å². The van der Waals surface area contributed by atoms with E-state index in [1.165, 1.54) is 6.07 Å². The molecule has 5 nitrogen and oxygen atoms in total. The Morgan fingerprint density at radius 3 is 2.55 bits per heavy atom. The summed E-state index contributed by atoms with van der Waals surface area (Å²) >= 11 is 9.09. The Morgan fingerprint density at radius 1 is 1.20 bits per heavy atom. The van der Waals surface area contributed by atoms with Crippen molar-refractivity contribution in [2.24, 2.45) is 7.05 Å². The lowest BCUT2D eigenvalue weighted by molar-refractivity contribution is 0.0841. The van der Waals surface area contributed by atoms with Gasteiger partial charge in [0, 0.05) is 22.7 Å². The molecular formula is C13H11BrClN3O2. The SMILES string of the molecule is Cn1cccc1C(=O)NNC(=O)c1cc(Cl)ccc1Br. The van der Waals surface area contributed by atoms with Crippen molar-refractivity contribution in [1.82, 2.24) is 15.4 Å². The largest absolute Gasteiger partial charge is 0.347 e. The van der Waals surface area contributed by atoms with Gasteiger partial charge >= 0.3 is 0 Å². The first-order chi connectivity index (χ1) is 9.49. The van der Waals surface area contributed by atoms with E-state index in [4.69, 9.17) is 11.6 Å². The van der Waals surface area contributed by atoms with Gasteiger partial charge in [0.2, 0.25) is 0 Å². The van der Waals surface area contributed by atoms with Crippen molar-refractivity contribution in [2.75, 3.05) is 0 Å². The van der Waals surface area contributed by atoms with Crippen LogP contribution < -0.4 is 10.9 Å². The molecule has 0 bridgehead atoms. The molecule has 2 amide bonds. The van der Waals surface area contributed by atoms with E-state index in [1.807, 2.05) is 0 Å². The number of nitrogens with one attached hydrogen (secondary N) is 2. The smallest absolute Gasteiger partial charge is 0.286 e. The third kappa shape index (κ3) is 3.20. The molecule has 2 rings (SSSR count). The Balaban J connectivity index is 2.04. The maximum atomic E-state index is 12.0. The van der Waals surface area contributed by atoms with Crippen LogP contribution in [0.2, 0.25) is 5.02 Å². The summed E-state index contributed by atoms with van der Waals surface area (Å²) in [5.41, 5.74) is 5.47. The third-order valence-corrected chi connectivity index (χ3v) is 3.57. The Labute approximate surface area is 129 Å². The van der Waals surface area contributed by atoms with E-state index in [0.29, 0.717) is 20.8 Å². The summed E-state index contributed by atoms with van der Waals surface area (Å²) in [5.74, 6) is -0.856. The number of carbonyl (C=O) groups is 2. The minimum absolute atomic E-state index is 0.338. The van der Waals surface area contributed by atoms with E-state index < -0.39 is 11.8 Å². The molecule has 0 spiro atoms. The predicted octanol–water partition coefficient (Wildman–Crippen LogP) is 2.52. The first kappa shape index (κ1) is 14.6. The lowest BCUT2D eigenvalue weighted by atomic mass is 10.2. The van der Waals surface area contributed by atoms with Gasteiger partial charge in [-0.2, -0.15) is 0 Å². The van der Waals surface area contributed by atoms with Crippen molar-refractivity contribution in [3.63, 3.8) is 0 Å². The number of amides is 2. The minimum Gasteiger partial charge on any atom is -0.347 e. The number of aromatic nitrogens is 1. The van der Waals surface area contributed by atoms with Gasteiger partial charge in [-0.15, -0.1) is 0 Å². The summed E-state index contributed by atoms with van der Waals surface area (Å²) < 4.78 is 2.24. The molecule has 0 radical (unpaired) electrons. The summed E-state index contributed by atoms with van der Waals surface area (Å²) in [5, 5.41) is 0.437. The van der Waals surface area contributed by atoms with Gasteiger partial charge in [-0.1, -0.05) is 11.6 Å². The quantitative estimate of drug-likeness (QED) is 0.812. The molecule has 7 heteroatoms. The number of carbonyl (C=O) groups excluding carboxylic acids is 2. The summed E-state index contributed by atoms with van der Waals surface area (Å²) in [7, 11) is 1.74. The zero-order valence-electron chi connectivity index (χ0n) is 10.5. The van der Waals surface area contributed by atoms with E-state index in [9.17, 15) is 9.59 Å². The molecule has 0 aliphatic rings. The fourth-order valence-electron chi connectivity index (χ4n) is 1.61. The van der Waals surface area contributed by atoms with Gasteiger partial charge in [0.15, 0.2) is 0 Å². The molecule has 1 aromatic carbocycles. The van der Waals surface area contributed by atoms with E-state index in [-0.39, 0.29) is 0 Å². The molecule has 0 saturated carbocycles. The van der Waals surface area contributed by atoms with Crippen molar-refractivity contribution >= 4 is 39.3 Å². The Hall–Kier alpha value is -1.79. The highest BCUT2D eigenvalue weighted by molar-refractivity contribution is 9.10. The average Bonchev–Trinajstić information content (AvgIpc) is 2.84. The molecule has 0 saturated heterocycles. The second-order valence-corrected chi connectivity index (χ2v) is 5.33. The Bertz CT molecular complexity index is 669. The maximum absolute atomic E-state index is 12.0. The average molecular weight is 357 g/mol. The number of hydrogen-bond acceptors (Lipinski definition) is 2. The molecule has 0 fully saturated rings. The molecule has 0 unspecified atom stereocenters. The van der Waals surface area contributed by atoms with Crippen LogP contribution in [0.3, 0.4) is 0 Å². The fraction of sp³-hybridized carbons (Fsp3) is 0.0769. The molecule has 104 valence electrons. The van der Waals surface area contributed by atoms with E-state index in [2.05, 4.69) is 26.8 Å². The van der Waals surface area contributed by atoms with Crippen molar-refractivity contribution in [1.29, 1.82) is 0 Å². The zero-order chi connectivity index (χ0) is 14.7. The van der Waals surface area contributed by atoms with Gasteiger partial charge in [-0.05, 0) is 46.3 Å². The first-order valence-electron chi connectivity index (χ1n) is 5.66. The molecule has 2 N–H and O–H groups in total. The van der Waals surface area contributed by atoms with Gasteiger partial charge in [-0.3, -0.25) is 20.4 Å². The summed E-state index contributed by atoms with van der Waals surface area (Å²) in [6.45, 7) is 0. The molecule has 1 aromatic heterocycles. The van der Waals surface area contributed by atoms with Crippen molar-refractivity contribution in [3.05, 3.63) is 57.3 Å². The van der Waals surface area contributed by atoms with E-state index in [1.54, 1.807) is 42.1 Å². The van der Waals surface area contributed by atoms with Crippen molar-refractivity contribution in [2.45, 2.75) is 0 Å².